The molecule has 1 nitrogen and oxygen atoms in total. The Kier molecular flexibility index (Phi) is 2.65. The third-order valence-electron chi connectivity index (χ3n) is 2.20. The van der Waals surface area contributed by atoms with Crippen molar-refractivity contribution in [3.63, 3.8) is 0 Å². The van der Waals surface area contributed by atoms with Gasteiger partial charge in [0.05, 0.1) is 0 Å². The highest BCUT2D eigenvalue weighted by Crippen LogP contribution is 2.25. The van der Waals surface area contributed by atoms with Crippen molar-refractivity contribution in [2.24, 2.45) is 0 Å². The first-order valence-electron chi connectivity index (χ1n) is 4.58. The van der Waals surface area contributed by atoms with Crippen LogP contribution < -0.4 is 0 Å². The Morgan fingerprint density at radius 2 is 1.94 bits per heavy atom. The zero-order chi connectivity index (χ0) is 11.5. The Bertz CT molecular complexity index is 570. The summed E-state index contributed by atoms with van der Waals surface area (Å²) < 4.78 is 26.3. The normalized spacial score (nSPS) is 9.81. The van der Waals surface area contributed by atoms with Gasteiger partial charge in [-0.05, 0) is 18.2 Å². The lowest BCUT2D eigenvalue weighted by Crippen LogP contribution is -1.90. The molecule has 0 N–H and O–H groups in total. The highest BCUT2D eigenvalue weighted by atomic mass is 19.1. The van der Waals surface area contributed by atoms with Crippen LogP contribution in [0.4, 0.5) is 8.78 Å². The van der Waals surface area contributed by atoms with Gasteiger partial charge in [0.2, 0.25) is 0 Å². The van der Waals surface area contributed by atoms with Crippen LogP contribution in [0.1, 0.15) is 5.56 Å². The minimum Gasteiger partial charge on any atom is -0.264 e. The van der Waals surface area contributed by atoms with Crippen LogP contribution >= 0.6 is 0 Å². The van der Waals surface area contributed by atoms with Gasteiger partial charge in [0.15, 0.2) is 0 Å². The summed E-state index contributed by atoms with van der Waals surface area (Å²) >= 11 is 0. The minimum absolute atomic E-state index is 0.252. The minimum atomic E-state index is -0.649. The van der Waals surface area contributed by atoms with E-state index in [1.807, 2.05) is 0 Å². The van der Waals surface area contributed by atoms with Crippen molar-refractivity contribution in [3.8, 4) is 23.5 Å². The fraction of sp³-hybridized carbons (Fsp3) is 0. The molecule has 16 heavy (non-hydrogen) atoms. The second-order valence-electron chi connectivity index (χ2n) is 3.19. The van der Waals surface area contributed by atoms with Gasteiger partial charge in [-0.15, -0.1) is 6.42 Å². The Hall–Kier alpha value is -2.21. The lowest BCUT2D eigenvalue weighted by atomic mass is 10.0. The Morgan fingerprint density at radius 1 is 1.12 bits per heavy atom. The van der Waals surface area contributed by atoms with Crippen LogP contribution in [0.25, 0.3) is 11.1 Å². The Morgan fingerprint density at radius 3 is 2.62 bits per heavy atom. The van der Waals surface area contributed by atoms with Gasteiger partial charge >= 0.3 is 0 Å². The summed E-state index contributed by atoms with van der Waals surface area (Å²) in [7, 11) is 0. The molecule has 0 atom stereocenters. The van der Waals surface area contributed by atoms with E-state index in [-0.39, 0.29) is 5.56 Å². The highest BCUT2D eigenvalue weighted by Gasteiger charge is 2.09. The van der Waals surface area contributed by atoms with E-state index >= 15 is 0 Å². The van der Waals surface area contributed by atoms with Crippen molar-refractivity contribution in [2.75, 3.05) is 0 Å². The van der Waals surface area contributed by atoms with Crippen molar-refractivity contribution in [3.05, 3.63) is 53.9 Å². The monoisotopic (exact) mass is 215 g/mol. The molecule has 0 saturated carbocycles. The van der Waals surface area contributed by atoms with Gasteiger partial charge in [-0.2, -0.15) is 0 Å². The largest absolute Gasteiger partial charge is 0.264 e. The SMILES string of the molecule is C#Cc1ccncc1-c1ccc(F)cc1F. The fourth-order valence-electron chi connectivity index (χ4n) is 1.44. The first-order chi connectivity index (χ1) is 7.72. The number of halogens is 2. The van der Waals surface area contributed by atoms with E-state index in [0.717, 1.165) is 6.07 Å². The molecule has 0 bridgehead atoms. The zero-order valence-corrected chi connectivity index (χ0v) is 8.24. The van der Waals surface area contributed by atoms with E-state index in [4.69, 9.17) is 6.42 Å². The first kappa shape index (κ1) is 10.3. The number of benzene rings is 1. The molecule has 0 unspecified atom stereocenters. The number of nitrogens with zero attached hydrogens (tertiary/aromatic N) is 1. The van der Waals surface area contributed by atoms with Crippen LogP contribution in [0.5, 0.6) is 0 Å². The van der Waals surface area contributed by atoms with Crippen molar-refractivity contribution in [2.45, 2.75) is 0 Å². The molecule has 78 valence electrons. The van der Waals surface area contributed by atoms with E-state index in [9.17, 15) is 8.78 Å². The summed E-state index contributed by atoms with van der Waals surface area (Å²) in [5.74, 6) is 1.17. The number of hydrogen-bond donors (Lipinski definition) is 0. The molecule has 0 amide bonds. The van der Waals surface area contributed by atoms with E-state index in [1.54, 1.807) is 6.07 Å². The predicted octanol–water partition coefficient (Wildman–Crippen LogP) is 3.01. The number of terminal acetylenes is 1. The van der Waals surface area contributed by atoms with Crippen LogP contribution in [-0.2, 0) is 0 Å². The molecular formula is C13H7F2N. The maximum absolute atomic E-state index is 13.5. The smallest absolute Gasteiger partial charge is 0.134 e. The van der Waals surface area contributed by atoms with Gasteiger partial charge in [0.1, 0.15) is 11.6 Å². The van der Waals surface area contributed by atoms with Gasteiger partial charge in [0, 0.05) is 35.2 Å². The third kappa shape index (κ3) is 1.78. The average molecular weight is 215 g/mol. The van der Waals surface area contributed by atoms with Crippen molar-refractivity contribution in [1.29, 1.82) is 0 Å². The van der Waals surface area contributed by atoms with Gasteiger partial charge < -0.3 is 0 Å². The Labute approximate surface area is 91.8 Å². The van der Waals surface area contributed by atoms with Crippen molar-refractivity contribution in [1.82, 2.24) is 4.98 Å². The first-order valence-corrected chi connectivity index (χ1v) is 4.58. The summed E-state index contributed by atoms with van der Waals surface area (Å²) in [4.78, 5) is 3.88. The van der Waals surface area contributed by atoms with Crippen LogP contribution in [0.2, 0.25) is 0 Å². The van der Waals surface area contributed by atoms with Gasteiger partial charge in [-0.1, -0.05) is 5.92 Å². The lowest BCUT2D eigenvalue weighted by Gasteiger charge is -2.05. The number of rotatable bonds is 1. The molecule has 0 aliphatic carbocycles. The van der Waals surface area contributed by atoms with Crippen LogP contribution in [-0.4, -0.2) is 4.98 Å². The summed E-state index contributed by atoms with van der Waals surface area (Å²) in [6.45, 7) is 0. The highest BCUT2D eigenvalue weighted by molar-refractivity contribution is 5.70. The molecule has 1 aromatic carbocycles. The van der Waals surface area contributed by atoms with Gasteiger partial charge in [-0.25, -0.2) is 8.78 Å². The van der Waals surface area contributed by atoms with E-state index in [2.05, 4.69) is 10.9 Å². The summed E-state index contributed by atoms with van der Waals surface area (Å²) in [6.07, 6.45) is 8.29. The second kappa shape index (κ2) is 4.11. The molecule has 2 rings (SSSR count). The number of hydrogen-bond acceptors (Lipinski definition) is 1. The molecule has 0 fully saturated rings. The zero-order valence-electron chi connectivity index (χ0n) is 8.24. The molecule has 1 aromatic heterocycles. The topological polar surface area (TPSA) is 12.9 Å². The molecule has 0 radical (unpaired) electrons. The molecular weight excluding hydrogens is 208 g/mol. The Balaban J connectivity index is 2.64. The maximum Gasteiger partial charge on any atom is 0.134 e. The molecule has 0 aliphatic rings. The van der Waals surface area contributed by atoms with Gasteiger partial charge in [-0.3, -0.25) is 4.98 Å². The van der Waals surface area contributed by atoms with E-state index in [0.29, 0.717) is 11.1 Å². The van der Waals surface area contributed by atoms with Crippen LogP contribution in [0.3, 0.4) is 0 Å². The number of aromatic nitrogens is 1. The fourth-order valence-corrected chi connectivity index (χ4v) is 1.44. The second-order valence-corrected chi connectivity index (χ2v) is 3.19. The molecule has 0 spiro atoms. The number of pyridine rings is 1. The van der Waals surface area contributed by atoms with Gasteiger partial charge in [0.25, 0.3) is 0 Å². The van der Waals surface area contributed by atoms with E-state index < -0.39 is 11.6 Å². The van der Waals surface area contributed by atoms with Crippen LogP contribution in [0, 0.1) is 24.0 Å². The molecule has 2 aromatic rings. The predicted molar refractivity (Wildman–Crippen MR) is 57.5 cm³/mol. The third-order valence-corrected chi connectivity index (χ3v) is 2.20. The van der Waals surface area contributed by atoms with Crippen molar-refractivity contribution < 1.29 is 8.78 Å². The molecule has 0 aliphatic heterocycles. The summed E-state index contributed by atoms with van der Waals surface area (Å²) in [6, 6.07) is 4.97. The maximum atomic E-state index is 13.5. The van der Waals surface area contributed by atoms with E-state index in [1.165, 1.54) is 24.5 Å². The molecule has 1 heterocycles. The standard InChI is InChI=1S/C13H7F2N/c1-2-9-5-6-16-8-12(9)11-4-3-10(14)7-13(11)15/h1,3-8H. The molecule has 0 saturated heterocycles. The summed E-state index contributed by atoms with van der Waals surface area (Å²) in [5.41, 5.74) is 1.27. The quantitative estimate of drug-likeness (QED) is 0.666. The van der Waals surface area contributed by atoms with Crippen LogP contribution in [0.15, 0.2) is 36.7 Å². The lowest BCUT2D eigenvalue weighted by molar-refractivity contribution is 0.585. The summed E-state index contributed by atoms with van der Waals surface area (Å²) in [5, 5.41) is 0. The van der Waals surface area contributed by atoms with Crippen molar-refractivity contribution >= 4 is 0 Å². The molecule has 3 heteroatoms. The average Bonchev–Trinajstić information content (AvgIpc) is 2.29.